The number of carbonyl (C=O) groups is 1. The second-order valence-corrected chi connectivity index (χ2v) is 9.32. The number of carboxylic acid groups (broad SMARTS) is 1. The highest BCUT2D eigenvalue weighted by molar-refractivity contribution is 7.89. The van der Waals surface area contributed by atoms with Crippen molar-refractivity contribution in [2.24, 2.45) is 11.8 Å². The summed E-state index contributed by atoms with van der Waals surface area (Å²) in [5.74, 6) is -0.579. The van der Waals surface area contributed by atoms with E-state index in [1.165, 1.54) is 6.07 Å². The van der Waals surface area contributed by atoms with Crippen molar-refractivity contribution < 1.29 is 23.1 Å². The summed E-state index contributed by atoms with van der Waals surface area (Å²) < 4.78 is 33.2. The number of ether oxygens (including phenoxy) is 1. The van der Waals surface area contributed by atoms with Crippen LogP contribution in [0.15, 0.2) is 53.4 Å². The van der Waals surface area contributed by atoms with E-state index in [2.05, 4.69) is 10.0 Å². The lowest BCUT2D eigenvalue weighted by Gasteiger charge is -2.19. The number of hydrogen-bond donors (Lipinski definition) is 3. The Morgan fingerprint density at radius 3 is 2.70 bits per heavy atom. The number of methoxy groups -OCH3 is 1. The molecule has 1 aliphatic heterocycles. The summed E-state index contributed by atoms with van der Waals surface area (Å²) in [6.45, 7) is 1.76. The van der Waals surface area contributed by atoms with Crippen molar-refractivity contribution in [3.63, 3.8) is 0 Å². The fourth-order valence-corrected chi connectivity index (χ4v) is 4.91. The van der Waals surface area contributed by atoms with E-state index in [1.54, 1.807) is 25.3 Å². The van der Waals surface area contributed by atoms with Gasteiger partial charge in [0.25, 0.3) is 0 Å². The zero-order valence-corrected chi connectivity index (χ0v) is 17.8. The second kappa shape index (κ2) is 10.1. The van der Waals surface area contributed by atoms with Crippen molar-refractivity contribution in [3.05, 3.63) is 59.7 Å². The van der Waals surface area contributed by atoms with Crippen LogP contribution in [-0.2, 0) is 27.7 Å². The molecule has 1 aliphatic rings. The van der Waals surface area contributed by atoms with Crippen LogP contribution >= 0.6 is 0 Å². The fraction of sp³-hybridized carbons (Fsp3) is 0.409. The molecule has 2 aromatic rings. The summed E-state index contributed by atoms with van der Waals surface area (Å²) in [5, 5.41) is 12.8. The van der Waals surface area contributed by atoms with Crippen molar-refractivity contribution in [1.82, 2.24) is 10.0 Å². The number of nitrogens with one attached hydrogen (secondary N) is 2. The van der Waals surface area contributed by atoms with Gasteiger partial charge in [0.05, 0.1) is 17.9 Å². The molecule has 3 rings (SSSR count). The molecule has 0 unspecified atom stereocenters. The van der Waals surface area contributed by atoms with Crippen LogP contribution in [0.3, 0.4) is 0 Å². The predicted octanol–water partition coefficient (Wildman–Crippen LogP) is 2.07. The second-order valence-electron chi connectivity index (χ2n) is 7.55. The Morgan fingerprint density at radius 1 is 1.23 bits per heavy atom. The van der Waals surface area contributed by atoms with Gasteiger partial charge < -0.3 is 15.2 Å². The average molecular weight is 433 g/mol. The maximum Gasteiger partial charge on any atom is 0.307 e. The molecular formula is C22H28N2O5S. The van der Waals surface area contributed by atoms with E-state index < -0.39 is 21.9 Å². The van der Waals surface area contributed by atoms with Gasteiger partial charge in [-0.2, -0.15) is 0 Å². The smallest absolute Gasteiger partial charge is 0.307 e. The number of carboxylic acids is 1. The lowest BCUT2D eigenvalue weighted by atomic mass is 9.86. The Morgan fingerprint density at radius 2 is 2.00 bits per heavy atom. The van der Waals surface area contributed by atoms with Crippen molar-refractivity contribution in [2.75, 3.05) is 26.7 Å². The number of rotatable bonds is 10. The quantitative estimate of drug-likeness (QED) is 0.531. The molecule has 1 fully saturated rings. The third-order valence-corrected chi connectivity index (χ3v) is 6.95. The molecule has 3 N–H and O–H groups in total. The largest absolute Gasteiger partial charge is 0.497 e. The Balaban J connectivity index is 1.65. The number of sulfonamides is 1. The number of aliphatic carboxylic acids is 1. The first-order valence-corrected chi connectivity index (χ1v) is 11.5. The minimum Gasteiger partial charge on any atom is -0.497 e. The summed E-state index contributed by atoms with van der Waals surface area (Å²) in [7, 11) is -2.09. The molecule has 162 valence electrons. The van der Waals surface area contributed by atoms with Crippen LogP contribution < -0.4 is 14.8 Å². The molecule has 0 saturated carbocycles. The first-order chi connectivity index (χ1) is 14.4. The molecule has 0 aliphatic carbocycles. The molecule has 1 saturated heterocycles. The van der Waals surface area contributed by atoms with Gasteiger partial charge in [0.1, 0.15) is 5.75 Å². The van der Waals surface area contributed by atoms with E-state index in [0.29, 0.717) is 24.9 Å². The van der Waals surface area contributed by atoms with Crippen molar-refractivity contribution in [1.29, 1.82) is 0 Å². The molecule has 2 aromatic carbocycles. The molecule has 7 nitrogen and oxygen atoms in total. The maximum absolute atomic E-state index is 12.7. The van der Waals surface area contributed by atoms with Crippen LogP contribution in [0.5, 0.6) is 5.75 Å². The van der Waals surface area contributed by atoms with Gasteiger partial charge in [0.15, 0.2) is 0 Å². The van der Waals surface area contributed by atoms with Gasteiger partial charge in [0.2, 0.25) is 10.0 Å². The minimum atomic E-state index is -3.68. The molecule has 1 heterocycles. The predicted molar refractivity (Wildman–Crippen MR) is 114 cm³/mol. The van der Waals surface area contributed by atoms with Crippen LogP contribution in [0.25, 0.3) is 0 Å². The van der Waals surface area contributed by atoms with E-state index in [-0.39, 0.29) is 17.4 Å². The molecule has 8 heteroatoms. The molecule has 0 spiro atoms. The number of hydrogen-bond acceptors (Lipinski definition) is 5. The summed E-state index contributed by atoms with van der Waals surface area (Å²) in [4.78, 5) is 11.9. The number of benzene rings is 2. The first-order valence-electron chi connectivity index (χ1n) is 10.0. The zero-order chi connectivity index (χ0) is 21.6. The van der Waals surface area contributed by atoms with Gasteiger partial charge in [-0.3, -0.25) is 4.79 Å². The summed E-state index contributed by atoms with van der Waals surface area (Å²) in [6.07, 6.45) is 1.67. The molecule has 2 atom stereocenters. The van der Waals surface area contributed by atoms with Gasteiger partial charge in [-0.05, 0) is 73.7 Å². The average Bonchev–Trinajstić information content (AvgIpc) is 3.26. The van der Waals surface area contributed by atoms with E-state index in [1.807, 2.05) is 24.3 Å². The highest BCUT2D eigenvalue weighted by Crippen LogP contribution is 2.24. The van der Waals surface area contributed by atoms with Crippen molar-refractivity contribution in [3.8, 4) is 5.75 Å². The van der Waals surface area contributed by atoms with E-state index in [0.717, 1.165) is 24.3 Å². The van der Waals surface area contributed by atoms with E-state index >= 15 is 0 Å². The van der Waals surface area contributed by atoms with Crippen molar-refractivity contribution in [2.45, 2.75) is 24.2 Å². The molecule has 30 heavy (non-hydrogen) atoms. The standard InChI is InChI=1S/C22H28N2O5S/c1-29-19-6-2-4-16(12-19)8-11-24-30(27,28)20-7-3-5-17(13-20)14-21(22(25)26)18-9-10-23-15-18/h2-7,12-13,18,21,23-24H,8-11,14-15H2,1H3,(H,25,26)/t18-,21-/m0/s1. The molecular weight excluding hydrogens is 404 g/mol. The fourth-order valence-electron chi connectivity index (χ4n) is 3.81. The summed E-state index contributed by atoms with van der Waals surface area (Å²) in [5.41, 5.74) is 1.69. The summed E-state index contributed by atoms with van der Waals surface area (Å²) >= 11 is 0. The zero-order valence-electron chi connectivity index (χ0n) is 17.0. The van der Waals surface area contributed by atoms with Gasteiger partial charge in [-0.15, -0.1) is 0 Å². The highest BCUT2D eigenvalue weighted by Gasteiger charge is 2.30. The van der Waals surface area contributed by atoms with Crippen LogP contribution in [-0.4, -0.2) is 46.2 Å². The SMILES string of the molecule is COc1cccc(CCNS(=O)(=O)c2cccc(C[C@H](C(=O)O)[C@H]3CCNC3)c2)c1. The highest BCUT2D eigenvalue weighted by atomic mass is 32.2. The van der Waals surface area contributed by atoms with Gasteiger partial charge in [-0.25, -0.2) is 13.1 Å². The monoisotopic (exact) mass is 432 g/mol. The molecule has 0 amide bonds. The van der Waals surface area contributed by atoms with Gasteiger partial charge in [0, 0.05) is 6.54 Å². The van der Waals surface area contributed by atoms with E-state index in [9.17, 15) is 18.3 Å². The minimum absolute atomic E-state index is 0.0590. The third kappa shape index (κ3) is 5.81. The Kier molecular flexibility index (Phi) is 7.47. The third-order valence-electron chi connectivity index (χ3n) is 5.49. The van der Waals surface area contributed by atoms with Crippen LogP contribution in [0.4, 0.5) is 0 Å². The first kappa shape index (κ1) is 22.3. The van der Waals surface area contributed by atoms with Crippen LogP contribution in [0.1, 0.15) is 17.5 Å². The van der Waals surface area contributed by atoms with Gasteiger partial charge >= 0.3 is 5.97 Å². The van der Waals surface area contributed by atoms with Crippen LogP contribution in [0.2, 0.25) is 0 Å². The Labute approximate surface area is 177 Å². The Hall–Kier alpha value is -2.42. The normalized spacial score (nSPS) is 17.6. The Bertz CT molecular complexity index is 971. The van der Waals surface area contributed by atoms with Gasteiger partial charge in [-0.1, -0.05) is 24.3 Å². The lowest BCUT2D eigenvalue weighted by molar-refractivity contribution is -0.143. The van der Waals surface area contributed by atoms with Crippen molar-refractivity contribution >= 4 is 16.0 Å². The van der Waals surface area contributed by atoms with E-state index in [4.69, 9.17) is 4.74 Å². The summed E-state index contributed by atoms with van der Waals surface area (Å²) in [6, 6.07) is 14.1. The maximum atomic E-state index is 12.7. The topological polar surface area (TPSA) is 105 Å². The molecule has 0 radical (unpaired) electrons. The lowest BCUT2D eigenvalue weighted by Crippen LogP contribution is -2.28. The van der Waals surface area contributed by atoms with Crippen LogP contribution in [0, 0.1) is 11.8 Å². The molecule has 0 bridgehead atoms. The molecule has 0 aromatic heterocycles.